The van der Waals surface area contributed by atoms with Crippen LogP contribution in [-0.4, -0.2) is 10.2 Å². The van der Waals surface area contributed by atoms with Crippen molar-refractivity contribution in [3.05, 3.63) is 29.6 Å². The number of nitrogens with zero attached hydrogens (tertiary/aromatic N) is 1. The Morgan fingerprint density at radius 3 is 1.96 bits per heavy atom. The van der Waals surface area contributed by atoms with Crippen molar-refractivity contribution in [1.82, 2.24) is 4.98 Å². The molecule has 0 amide bonds. The number of hydrogen-bond acceptors (Lipinski definition) is 2. The van der Waals surface area contributed by atoms with E-state index in [-0.39, 0.29) is 0 Å². The minimum absolute atomic E-state index is 0.400. The summed E-state index contributed by atoms with van der Waals surface area (Å²) in [6.45, 7) is 2.27. The monoisotopic (exact) mass is 337 g/mol. The topological polar surface area (TPSA) is 30.0 Å². The van der Waals surface area contributed by atoms with Crippen LogP contribution in [0.3, 0.4) is 0 Å². The van der Waals surface area contributed by atoms with Crippen LogP contribution < -0.4 is 0 Å². The molecule has 0 radical (unpaired) electrons. The van der Waals surface area contributed by atoms with Gasteiger partial charge in [-0.25, -0.2) is 0 Å². The van der Waals surface area contributed by atoms with Gasteiger partial charge in [-0.2, -0.15) is 0 Å². The van der Waals surface area contributed by atoms with Crippen molar-refractivity contribution >= 4 is 16.8 Å². The molecule has 0 aliphatic carbocycles. The van der Waals surface area contributed by atoms with Crippen LogP contribution in [0.2, 0.25) is 0 Å². The largest absolute Gasteiger partial charge is 0.276 e. The van der Waals surface area contributed by atoms with Gasteiger partial charge < -0.3 is 0 Å². The van der Waals surface area contributed by atoms with E-state index in [1.807, 2.05) is 6.07 Å². The fraction of sp³-hybridized carbons (Fsp3) is 0.700. The molecule has 0 saturated heterocycles. The van der Waals surface area contributed by atoms with Crippen molar-refractivity contribution in [1.29, 1.82) is 0 Å². The number of aromatic nitrogens is 1. The number of hydrogen-bond donors (Lipinski definition) is 0. The maximum atomic E-state index is 11.1. The van der Waals surface area contributed by atoms with E-state index in [9.17, 15) is 4.79 Å². The smallest absolute Gasteiger partial charge is 0.252 e. The van der Waals surface area contributed by atoms with Crippen molar-refractivity contribution in [2.45, 2.75) is 90.4 Å². The molecule has 0 aliphatic rings. The third-order valence-electron chi connectivity index (χ3n) is 4.33. The van der Waals surface area contributed by atoms with E-state index in [1.165, 1.54) is 70.6 Å². The molecule has 0 spiro atoms. The summed E-state index contributed by atoms with van der Waals surface area (Å²) >= 11 is 5.49. The highest BCUT2D eigenvalue weighted by Gasteiger charge is 2.03. The standard InChI is InChI=1S/C20H32ClNO/c1-2-3-4-5-6-7-8-9-10-11-12-13-14-19-17-18(20(21)23)15-16-22-19/h15-17H,2-14H2,1H3. The van der Waals surface area contributed by atoms with Crippen LogP contribution in [0.4, 0.5) is 0 Å². The second kappa shape index (κ2) is 13.5. The summed E-state index contributed by atoms with van der Waals surface area (Å²) < 4.78 is 0. The lowest BCUT2D eigenvalue weighted by Crippen LogP contribution is -1.95. The van der Waals surface area contributed by atoms with Crippen molar-refractivity contribution < 1.29 is 4.79 Å². The number of halogens is 1. The first kappa shape index (κ1) is 20.2. The lowest BCUT2D eigenvalue weighted by atomic mass is 10.0. The first-order chi connectivity index (χ1) is 11.2. The van der Waals surface area contributed by atoms with Gasteiger partial charge in [-0.05, 0) is 36.6 Å². The van der Waals surface area contributed by atoms with Crippen molar-refractivity contribution in [3.63, 3.8) is 0 Å². The Hall–Kier alpha value is -0.890. The molecule has 0 N–H and O–H groups in total. The van der Waals surface area contributed by atoms with Crippen molar-refractivity contribution in [2.75, 3.05) is 0 Å². The van der Waals surface area contributed by atoms with Gasteiger partial charge >= 0.3 is 0 Å². The predicted molar refractivity (Wildman–Crippen MR) is 99.2 cm³/mol. The van der Waals surface area contributed by atoms with E-state index >= 15 is 0 Å². The lowest BCUT2D eigenvalue weighted by molar-refractivity contribution is 0.108. The first-order valence-electron chi connectivity index (χ1n) is 9.38. The summed E-state index contributed by atoms with van der Waals surface area (Å²) in [6, 6.07) is 3.48. The zero-order valence-corrected chi connectivity index (χ0v) is 15.4. The highest BCUT2D eigenvalue weighted by atomic mass is 35.5. The number of unbranched alkanes of at least 4 members (excludes halogenated alkanes) is 11. The molecular formula is C20H32ClNO. The summed E-state index contributed by atoms with van der Waals surface area (Å²) in [7, 11) is 0. The fourth-order valence-electron chi connectivity index (χ4n) is 2.88. The van der Waals surface area contributed by atoms with Crippen molar-refractivity contribution in [2.24, 2.45) is 0 Å². The van der Waals surface area contributed by atoms with Crippen LogP contribution in [0, 0.1) is 0 Å². The lowest BCUT2D eigenvalue weighted by Gasteiger charge is -2.04. The molecule has 0 aliphatic heterocycles. The van der Waals surface area contributed by atoms with E-state index < -0.39 is 5.24 Å². The van der Waals surface area contributed by atoms with Gasteiger partial charge in [0.2, 0.25) is 0 Å². The van der Waals surface area contributed by atoms with Gasteiger partial charge in [-0.15, -0.1) is 0 Å². The van der Waals surface area contributed by atoms with Crippen LogP contribution in [0.25, 0.3) is 0 Å². The van der Waals surface area contributed by atoms with Gasteiger partial charge in [0, 0.05) is 17.5 Å². The molecule has 130 valence electrons. The molecule has 0 saturated carbocycles. The van der Waals surface area contributed by atoms with E-state index in [0.29, 0.717) is 5.56 Å². The average Bonchev–Trinajstić information content (AvgIpc) is 2.56. The van der Waals surface area contributed by atoms with Crippen LogP contribution in [-0.2, 0) is 6.42 Å². The Morgan fingerprint density at radius 2 is 1.43 bits per heavy atom. The van der Waals surface area contributed by atoms with Gasteiger partial charge in [-0.1, -0.05) is 77.6 Å². The predicted octanol–water partition coefficient (Wildman–Crippen LogP) is 6.70. The molecule has 1 heterocycles. The van der Waals surface area contributed by atoms with E-state index in [0.717, 1.165) is 18.5 Å². The molecule has 0 fully saturated rings. The number of carbonyl (C=O) groups excluding carboxylic acids is 1. The van der Waals surface area contributed by atoms with Crippen LogP contribution in [0.5, 0.6) is 0 Å². The molecule has 0 unspecified atom stereocenters. The quantitative estimate of drug-likeness (QED) is 0.279. The Morgan fingerprint density at radius 1 is 0.913 bits per heavy atom. The summed E-state index contributed by atoms with van der Waals surface area (Å²) in [6.07, 6.45) is 18.8. The molecule has 0 bridgehead atoms. The second-order valence-corrected chi connectivity index (χ2v) is 6.79. The SMILES string of the molecule is CCCCCCCCCCCCCCc1cc(C(=O)Cl)ccn1. The number of pyridine rings is 1. The van der Waals surface area contributed by atoms with Crippen molar-refractivity contribution in [3.8, 4) is 0 Å². The van der Waals surface area contributed by atoms with Gasteiger partial charge in [0.15, 0.2) is 0 Å². The van der Waals surface area contributed by atoms with E-state index in [2.05, 4.69) is 11.9 Å². The van der Waals surface area contributed by atoms with Crippen LogP contribution in [0.1, 0.15) is 100 Å². The van der Waals surface area contributed by atoms with Gasteiger partial charge in [-0.3, -0.25) is 9.78 Å². The Balaban J connectivity index is 1.93. The van der Waals surface area contributed by atoms with E-state index in [4.69, 9.17) is 11.6 Å². The Kier molecular flexibility index (Phi) is 11.9. The van der Waals surface area contributed by atoms with Gasteiger partial charge in [0.05, 0.1) is 0 Å². The number of aryl methyl sites for hydroxylation is 1. The molecule has 1 aromatic heterocycles. The zero-order valence-electron chi connectivity index (χ0n) is 14.7. The van der Waals surface area contributed by atoms with E-state index in [1.54, 1.807) is 12.3 Å². The Labute approximate surface area is 147 Å². The highest BCUT2D eigenvalue weighted by molar-refractivity contribution is 6.67. The number of carbonyl (C=O) groups is 1. The fourth-order valence-corrected chi connectivity index (χ4v) is 3.00. The zero-order chi connectivity index (χ0) is 16.8. The molecule has 23 heavy (non-hydrogen) atoms. The molecular weight excluding hydrogens is 306 g/mol. The van der Waals surface area contributed by atoms with Crippen LogP contribution in [0.15, 0.2) is 18.3 Å². The maximum Gasteiger partial charge on any atom is 0.252 e. The molecule has 0 atom stereocenters. The average molecular weight is 338 g/mol. The third-order valence-corrected chi connectivity index (χ3v) is 4.55. The summed E-state index contributed by atoms with van der Waals surface area (Å²) in [5.74, 6) is 0. The van der Waals surface area contributed by atoms with Gasteiger partial charge in [0.25, 0.3) is 5.24 Å². The normalized spacial score (nSPS) is 10.9. The molecule has 0 aromatic carbocycles. The Bertz CT molecular complexity index is 433. The molecule has 2 nitrogen and oxygen atoms in total. The number of rotatable bonds is 14. The summed E-state index contributed by atoms with van der Waals surface area (Å²) in [4.78, 5) is 15.4. The second-order valence-electron chi connectivity index (χ2n) is 6.45. The first-order valence-corrected chi connectivity index (χ1v) is 9.76. The minimum atomic E-state index is -0.400. The maximum absolute atomic E-state index is 11.1. The molecule has 3 heteroatoms. The van der Waals surface area contributed by atoms with Gasteiger partial charge in [0.1, 0.15) is 0 Å². The highest BCUT2D eigenvalue weighted by Crippen LogP contribution is 2.13. The summed E-state index contributed by atoms with van der Waals surface area (Å²) in [5.41, 5.74) is 1.53. The summed E-state index contributed by atoms with van der Waals surface area (Å²) in [5, 5.41) is -0.400. The minimum Gasteiger partial charge on any atom is -0.276 e. The third kappa shape index (κ3) is 10.5. The molecule has 1 aromatic rings. The van der Waals surface area contributed by atoms with Crippen LogP contribution >= 0.6 is 11.6 Å². The molecule has 1 rings (SSSR count).